The van der Waals surface area contributed by atoms with Gasteiger partial charge < -0.3 is 0 Å². The molecule has 6 nitrogen and oxygen atoms in total. The molecule has 1 heterocycles. The number of hydrazine groups is 1. The Kier molecular flexibility index (Phi) is 8.84. The zero-order valence-electron chi connectivity index (χ0n) is 15.9. The zero-order valence-corrected chi connectivity index (χ0v) is 16.7. The van der Waals surface area contributed by atoms with Crippen molar-refractivity contribution in [3.8, 4) is 0 Å². The summed E-state index contributed by atoms with van der Waals surface area (Å²) in [6.45, 7) is 4.85. The monoisotopic (exact) mass is 391 g/mol. The van der Waals surface area contributed by atoms with Crippen LogP contribution in [0.3, 0.4) is 0 Å². The fourth-order valence-electron chi connectivity index (χ4n) is 3.16. The number of benzene rings is 1. The number of hydrogen-bond donors (Lipinski definition) is 3. The van der Waals surface area contributed by atoms with E-state index in [2.05, 4.69) is 5.43 Å². The van der Waals surface area contributed by atoms with E-state index in [4.69, 9.17) is 0 Å². The first-order valence-corrected chi connectivity index (χ1v) is 10.3. The van der Waals surface area contributed by atoms with Gasteiger partial charge in [0.1, 0.15) is 0 Å². The lowest BCUT2D eigenvalue weighted by atomic mass is 9.82. The smallest absolute Gasteiger partial charge is 0.247 e. The van der Waals surface area contributed by atoms with E-state index >= 15 is 0 Å². The highest BCUT2D eigenvalue weighted by Crippen LogP contribution is 2.26. The Balaban J connectivity index is 2.12. The van der Waals surface area contributed by atoms with Gasteiger partial charge in [-0.25, -0.2) is 5.48 Å². The molecule has 27 heavy (non-hydrogen) atoms. The third-order valence-corrected chi connectivity index (χ3v) is 5.54. The van der Waals surface area contributed by atoms with Crippen LogP contribution in [0, 0.1) is 17.8 Å². The van der Waals surface area contributed by atoms with Crippen molar-refractivity contribution in [3.05, 3.63) is 42.0 Å². The molecule has 3 N–H and O–H groups in total. The van der Waals surface area contributed by atoms with Crippen molar-refractivity contribution in [2.45, 2.75) is 33.1 Å². The van der Waals surface area contributed by atoms with Gasteiger partial charge in [-0.3, -0.25) is 20.2 Å². The van der Waals surface area contributed by atoms with Gasteiger partial charge in [0.05, 0.1) is 11.8 Å². The number of allylic oxidation sites excluding steroid dienone is 1. The van der Waals surface area contributed by atoms with Crippen LogP contribution in [0.1, 0.15) is 38.7 Å². The quantitative estimate of drug-likeness (QED) is 0.342. The average molecular weight is 392 g/mol. The number of hydroxylamine groups is 1. The van der Waals surface area contributed by atoms with Gasteiger partial charge in [-0.15, -0.1) is 0 Å². The average Bonchev–Trinajstić information content (AvgIpc) is 3.16. The van der Waals surface area contributed by atoms with Gasteiger partial charge in [0.15, 0.2) is 0 Å². The first-order valence-electron chi connectivity index (χ1n) is 9.37. The van der Waals surface area contributed by atoms with Crippen LogP contribution in [-0.4, -0.2) is 33.7 Å². The van der Waals surface area contributed by atoms with E-state index < -0.39 is 17.7 Å². The van der Waals surface area contributed by atoms with E-state index in [1.165, 1.54) is 0 Å². The van der Waals surface area contributed by atoms with Crippen LogP contribution in [-0.2, 0) is 9.59 Å². The molecule has 0 radical (unpaired) electrons. The summed E-state index contributed by atoms with van der Waals surface area (Å²) in [6, 6.07) is 9.78. The maximum Gasteiger partial charge on any atom is 0.247 e. The van der Waals surface area contributed by atoms with Gasteiger partial charge in [0.25, 0.3) is 0 Å². The van der Waals surface area contributed by atoms with Crippen LogP contribution >= 0.6 is 11.9 Å². The first kappa shape index (κ1) is 21.5. The fraction of sp³-hybridized carbons (Fsp3) is 0.500. The first-order chi connectivity index (χ1) is 13.0. The third-order valence-electron chi connectivity index (χ3n) is 4.48. The minimum absolute atomic E-state index is 0.167. The van der Waals surface area contributed by atoms with Gasteiger partial charge in [-0.2, -0.15) is 4.41 Å². The van der Waals surface area contributed by atoms with Crippen molar-refractivity contribution < 1.29 is 14.8 Å². The maximum absolute atomic E-state index is 12.9. The predicted molar refractivity (Wildman–Crippen MR) is 108 cm³/mol. The number of hydrogen-bond acceptors (Lipinski definition) is 5. The second-order valence-electron chi connectivity index (χ2n) is 7.13. The number of rotatable bonds is 9. The van der Waals surface area contributed by atoms with E-state index in [0.717, 1.165) is 24.3 Å². The molecule has 0 aliphatic carbocycles. The summed E-state index contributed by atoms with van der Waals surface area (Å²) in [4.78, 5) is 25.2. The van der Waals surface area contributed by atoms with Crippen LogP contribution < -0.4 is 10.9 Å². The summed E-state index contributed by atoms with van der Waals surface area (Å²) in [6.07, 6.45) is 5.79. The van der Waals surface area contributed by atoms with Crippen molar-refractivity contribution >= 4 is 29.8 Å². The fourth-order valence-corrected chi connectivity index (χ4v) is 4.05. The summed E-state index contributed by atoms with van der Waals surface area (Å²) >= 11 is 1.59. The Morgan fingerprint density at radius 2 is 1.96 bits per heavy atom. The zero-order chi connectivity index (χ0) is 19.6. The predicted octanol–water partition coefficient (Wildman–Crippen LogP) is 3.26. The molecule has 0 spiro atoms. The largest absolute Gasteiger partial charge is 0.289 e. The molecule has 148 valence electrons. The van der Waals surface area contributed by atoms with Gasteiger partial charge in [0, 0.05) is 12.3 Å². The molecule has 2 amide bonds. The molecule has 7 heteroatoms. The molecule has 0 bridgehead atoms. The SMILES string of the molecule is CC(C)CC(C(=O)NN1CCCS1)[C@@H](C/C=C\c1ccccc1)C(=O)NO. The third kappa shape index (κ3) is 7.01. The molecule has 0 aromatic heterocycles. The second-order valence-corrected chi connectivity index (χ2v) is 8.24. The lowest BCUT2D eigenvalue weighted by molar-refractivity contribution is -0.141. The number of carbonyl (C=O) groups excluding carboxylic acids is 2. The van der Waals surface area contributed by atoms with E-state index in [1.807, 2.05) is 60.7 Å². The van der Waals surface area contributed by atoms with Crippen molar-refractivity contribution in [1.29, 1.82) is 0 Å². The highest BCUT2D eigenvalue weighted by molar-refractivity contribution is 7.97. The van der Waals surface area contributed by atoms with Crippen LogP contribution in [0.15, 0.2) is 36.4 Å². The van der Waals surface area contributed by atoms with Crippen LogP contribution in [0.25, 0.3) is 6.08 Å². The molecule has 1 saturated heterocycles. The Hall–Kier alpha value is -1.83. The highest BCUT2D eigenvalue weighted by Gasteiger charge is 2.34. The van der Waals surface area contributed by atoms with Crippen LogP contribution in [0.2, 0.25) is 0 Å². The number of carbonyl (C=O) groups is 2. The van der Waals surface area contributed by atoms with E-state index in [-0.39, 0.29) is 11.8 Å². The summed E-state index contributed by atoms with van der Waals surface area (Å²) in [5.74, 6) is -0.611. The molecular formula is C20H29N3O3S. The molecule has 1 unspecified atom stereocenters. The molecule has 2 rings (SSSR count). The molecule has 1 aromatic carbocycles. The molecule has 1 aliphatic heterocycles. The Bertz CT molecular complexity index is 631. The maximum atomic E-state index is 12.9. The standard InChI is InChI=1S/C20H29N3O3S/c1-15(2)14-18(19(24)21-23-12-7-13-27-23)17(20(25)22-26)11-6-10-16-8-4-3-5-9-16/h3-6,8-10,15,17-18,26H,7,11-14H2,1-2H3,(H,21,24)(H,22,25)/b10-6-/t17-,18?/m1/s1. The van der Waals surface area contributed by atoms with Gasteiger partial charge in [-0.05, 0) is 30.7 Å². The Morgan fingerprint density at radius 3 is 2.56 bits per heavy atom. The molecule has 1 fully saturated rings. The summed E-state index contributed by atoms with van der Waals surface area (Å²) in [7, 11) is 0. The number of nitrogens with zero attached hydrogens (tertiary/aromatic N) is 1. The second kappa shape index (κ2) is 11.1. The lowest BCUT2D eigenvalue weighted by Gasteiger charge is -2.27. The van der Waals surface area contributed by atoms with Crippen molar-refractivity contribution in [3.63, 3.8) is 0 Å². The molecule has 2 atom stereocenters. The molecule has 1 aromatic rings. The number of nitrogens with one attached hydrogen (secondary N) is 2. The van der Waals surface area contributed by atoms with E-state index in [9.17, 15) is 14.8 Å². The molecule has 0 saturated carbocycles. The Morgan fingerprint density at radius 1 is 1.22 bits per heavy atom. The molecular weight excluding hydrogens is 362 g/mol. The highest BCUT2D eigenvalue weighted by atomic mass is 32.2. The van der Waals surface area contributed by atoms with Crippen molar-refractivity contribution in [1.82, 2.24) is 15.3 Å². The molecule has 1 aliphatic rings. The summed E-state index contributed by atoms with van der Waals surface area (Å²) < 4.78 is 1.84. The normalized spacial score (nSPS) is 17.2. The van der Waals surface area contributed by atoms with Gasteiger partial charge in [-0.1, -0.05) is 68.3 Å². The van der Waals surface area contributed by atoms with Gasteiger partial charge >= 0.3 is 0 Å². The topological polar surface area (TPSA) is 81.7 Å². The van der Waals surface area contributed by atoms with Crippen LogP contribution in [0.5, 0.6) is 0 Å². The summed E-state index contributed by atoms with van der Waals surface area (Å²) in [5.41, 5.74) is 5.69. The van der Waals surface area contributed by atoms with Gasteiger partial charge in [0.2, 0.25) is 11.8 Å². The minimum atomic E-state index is -0.634. The van der Waals surface area contributed by atoms with E-state index in [1.54, 1.807) is 17.4 Å². The summed E-state index contributed by atoms with van der Waals surface area (Å²) in [5, 5.41) is 9.20. The van der Waals surface area contributed by atoms with E-state index in [0.29, 0.717) is 12.8 Å². The van der Waals surface area contributed by atoms with Crippen molar-refractivity contribution in [2.24, 2.45) is 17.8 Å². The number of amides is 2. The lowest BCUT2D eigenvalue weighted by Crippen LogP contribution is -2.45. The van der Waals surface area contributed by atoms with Crippen LogP contribution in [0.4, 0.5) is 0 Å². The van der Waals surface area contributed by atoms with Crippen molar-refractivity contribution in [2.75, 3.05) is 12.3 Å². The Labute approximate surface area is 165 Å². The minimum Gasteiger partial charge on any atom is -0.289 e.